The molecule has 13 rings (SSSR count). The Bertz CT molecular complexity index is 4140. The fraction of sp³-hybridized carbons (Fsp3) is 0.545. The number of hydrogen-bond acceptors (Lipinski definition) is 20. The van der Waals surface area contributed by atoms with Gasteiger partial charge in [0.1, 0.15) is 33.9 Å². The van der Waals surface area contributed by atoms with Gasteiger partial charge in [-0.1, -0.05) is 25.5 Å². The van der Waals surface area contributed by atoms with Crippen LogP contribution in [0.4, 0.5) is 25.0 Å². The van der Waals surface area contributed by atoms with Crippen molar-refractivity contribution in [2.45, 2.75) is 135 Å². The third-order valence-electron chi connectivity index (χ3n) is 21.4. The number of rotatable bonds is 15. The summed E-state index contributed by atoms with van der Waals surface area (Å²) in [6.07, 6.45) is 10.8. The van der Waals surface area contributed by atoms with Crippen LogP contribution in [0, 0.1) is 47.1 Å². The van der Waals surface area contributed by atoms with Crippen LogP contribution in [-0.4, -0.2) is 149 Å². The van der Waals surface area contributed by atoms with Crippen molar-refractivity contribution in [2.75, 3.05) is 76.7 Å². The van der Waals surface area contributed by atoms with Crippen LogP contribution >= 0.6 is 0 Å². The Labute approximate surface area is 520 Å². The number of aliphatic hydroxyl groups excluding tert-OH is 1. The highest BCUT2D eigenvalue weighted by Gasteiger charge is 2.68. The molecule has 5 aromatic rings. The Morgan fingerprint density at radius 2 is 1.33 bits per heavy atom. The van der Waals surface area contributed by atoms with Crippen LogP contribution in [0.25, 0.3) is 21.8 Å². The number of ether oxygens (including phenoxy) is 5. The number of aryl methyl sites for hydroxylation is 1. The number of hydrogen-bond donors (Lipinski definition) is 2. The largest absolute Gasteiger partial charge is 0.519 e. The Hall–Kier alpha value is -8.16. The number of anilines is 2. The van der Waals surface area contributed by atoms with E-state index in [0.717, 1.165) is 17.7 Å². The third kappa shape index (κ3) is 10.2. The monoisotopic (exact) mass is 1260 g/mol. The van der Waals surface area contributed by atoms with E-state index in [4.69, 9.17) is 32.5 Å². The van der Waals surface area contributed by atoms with E-state index in [9.17, 15) is 48.6 Å². The van der Waals surface area contributed by atoms with Crippen LogP contribution in [-0.2, 0) is 30.3 Å². The SMILES string of the molecule is COc1c(N2CCN(Cc3oc(=O)oc3C)C(C)C2)c(F)cc2c(=O)c(C(=O)OCOC(=O)N3CCN(c4c(F)cc5c(=O)c(C(=O)OCC(=O)[C@@]6(O)CC[C@H]7[C@@H]8CCC9=CC(=O)C=C[C@]9(C)[C@H]8[C@@H](O)C[C@@]76C)cn(C6CC6)c5c4OC)CC3C)cn(C3CC3)c12. The van der Waals surface area contributed by atoms with E-state index in [1.807, 2.05) is 31.7 Å². The number of carbonyl (C=O) groups excluding carboxylic acids is 5. The maximum atomic E-state index is 16.8. The minimum atomic E-state index is -1.95. The highest BCUT2D eigenvalue weighted by molar-refractivity contribution is 6.02. The number of ketones is 2. The molecule has 5 heterocycles. The molecule has 0 bridgehead atoms. The van der Waals surface area contributed by atoms with E-state index >= 15 is 8.78 Å². The van der Waals surface area contributed by atoms with Gasteiger partial charge in [-0.15, -0.1) is 0 Å². The Kier molecular flexibility index (Phi) is 15.5. The summed E-state index contributed by atoms with van der Waals surface area (Å²) in [4.78, 5) is 115. The van der Waals surface area contributed by atoms with Gasteiger partial charge in [0.2, 0.25) is 23.4 Å². The molecule has 3 aromatic heterocycles. The van der Waals surface area contributed by atoms with Crippen molar-refractivity contribution in [1.82, 2.24) is 18.9 Å². The van der Waals surface area contributed by atoms with Crippen LogP contribution in [0.5, 0.6) is 11.5 Å². The number of carbonyl (C=O) groups is 5. The van der Waals surface area contributed by atoms with Crippen molar-refractivity contribution < 1.29 is 75.5 Å². The zero-order valence-corrected chi connectivity index (χ0v) is 51.8. The van der Waals surface area contributed by atoms with E-state index in [0.29, 0.717) is 88.2 Å². The van der Waals surface area contributed by atoms with E-state index < -0.39 is 105 Å². The van der Waals surface area contributed by atoms with Gasteiger partial charge in [-0.25, -0.2) is 28.0 Å². The van der Waals surface area contributed by atoms with Gasteiger partial charge in [-0.2, -0.15) is 0 Å². The van der Waals surface area contributed by atoms with Crippen LogP contribution in [0.1, 0.15) is 130 Å². The lowest BCUT2D eigenvalue weighted by molar-refractivity contribution is -0.178. The summed E-state index contributed by atoms with van der Waals surface area (Å²) in [6, 6.07) is 1.02. The highest BCUT2D eigenvalue weighted by atomic mass is 19.1. The van der Waals surface area contributed by atoms with E-state index in [1.165, 1.54) is 31.5 Å². The summed E-state index contributed by atoms with van der Waals surface area (Å²) in [5, 5.41) is 23.9. The molecule has 23 nitrogen and oxygen atoms in total. The van der Waals surface area contributed by atoms with Crippen LogP contribution in [0.3, 0.4) is 0 Å². The van der Waals surface area contributed by atoms with Crippen LogP contribution < -0.4 is 36.0 Å². The first kappa shape index (κ1) is 61.7. The molecule has 8 aliphatic rings. The van der Waals surface area contributed by atoms with Gasteiger partial charge in [-0.3, -0.25) is 24.1 Å². The molecular weight excluding hydrogens is 1190 g/mol. The predicted molar refractivity (Wildman–Crippen MR) is 323 cm³/mol. The summed E-state index contributed by atoms with van der Waals surface area (Å²) in [5.74, 6) is -4.96. The standard InChI is InChI=1S/C66H74F2N6O17/c1-33-26-70(19-18-69(33)30-49-35(3)90-63(83)91-49)54-46(67)24-42-53(58(54)85-6)74(38-11-12-38)29-44(57(42)79)61(81)88-32-89-62(82)72-21-20-71(27-34(72)2)55-47(68)23-41-52(59(55)86-7)73(37-9-10-37)28-43(56(41)78)60(80)87-31-50(77)66(84)17-15-45-40-13-8-36-22-39(75)14-16-64(36,4)51(40)48(76)25-65(45,66)5/h14,16,22-24,28-29,33-34,37-38,40,45,48,51,76,84H,8-13,15,17-21,25-27,30-32H2,1-7H3/t33?,34?,40-,45-,48-,51+,64-,65-,66-/m0/s1. The van der Waals surface area contributed by atoms with Crippen molar-refractivity contribution in [3.8, 4) is 11.5 Å². The topological polar surface area (TPSA) is 272 Å². The maximum Gasteiger partial charge on any atom is 0.519 e. The Balaban J connectivity index is 0.662. The van der Waals surface area contributed by atoms with E-state index in [1.54, 1.807) is 40.0 Å². The molecule has 6 aliphatic carbocycles. The smallest absolute Gasteiger partial charge is 0.492 e. The lowest BCUT2D eigenvalue weighted by Crippen LogP contribution is -2.61. The molecule has 0 spiro atoms. The second-order valence-electron chi connectivity index (χ2n) is 26.6. The number of allylic oxidation sites excluding steroid dienone is 4. The van der Waals surface area contributed by atoms with Gasteiger partial charge in [0.25, 0.3) is 0 Å². The van der Waals surface area contributed by atoms with E-state index in [2.05, 4.69) is 4.90 Å². The molecule has 2 unspecified atom stereocenters. The van der Waals surface area contributed by atoms with Crippen molar-refractivity contribution in [2.24, 2.45) is 28.6 Å². The van der Waals surface area contributed by atoms with Gasteiger partial charge in [0, 0.05) is 92.6 Å². The molecule has 2 aliphatic heterocycles. The zero-order valence-electron chi connectivity index (χ0n) is 51.8. The number of fused-ring (bicyclic) bond motifs is 7. The molecule has 2 N–H and O–H groups in total. The summed E-state index contributed by atoms with van der Waals surface area (Å²) in [6.45, 7) is 9.03. The second kappa shape index (κ2) is 22.9. The minimum Gasteiger partial charge on any atom is -0.492 e. The average Bonchev–Trinajstić information content (AvgIpc) is 1.62. The molecule has 2 saturated heterocycles. The van der Waals surface area contributed by atoms with Crippen molar-refractivity contribution in [1.29, 1.82) is 0 Å². The normalized spacial score (nSPS) is 28.1. The number of aliphatic hydroxyl groups is 2. The average molecular weight is 1260 g/mol. The van der Waals surface area contributed by atoms with Crippen LogP contribution in [0.2, 0.25) is 0 Å². The second-order valence-corrected chi connectivity index (χ2v) is 26.6. The summed E-state index contributed by atoms with van der Waals surface area (Å²) in [5.41, 5.74) is -4.44. The molecule has 5 saturated carbocycles. The highest BCUT2D eigenvalue weighted by Crippen LogP contribution is 2.67. The number of piperazine rings is 2. The molecular formula is C66H74F2N6O17. The number of nitrogens with zero attached hydrogens (tertiary/aromatic N) is 6. The molecule has 484 valence electrons. The summed E-state index contributed by atoms with van der Waals surface area (Å²) >= 11 is 0. The first-order chi connectivity index (χ1) is 43.4. The van der Waals surface area contributed by atoms with Crippen molar-refractivity contribution >= 4 is 62.8 Å². The van der Waals surface area contributed by atoms with Gasteiger partial charge in [-0.05, 0) is 115 Å². The minimum absolute atomic E-state index is 0.00270. The van der Waals surface area contributed by atoms with Crippen LogP contribution in [0.15, 0.2) is 71.5 Å². The predicted octanol–water partition coefficient (Wildman–Crippen LogP) is 7.04. The number of amides is 1. The quantitative estimate of drug-likeness (QED) is 0.0785. The summed E-state index contributed by atoms with van der Waals surface area (Å²) < 4.78 is 75.1. The molecule has 25 heteroatoms. The molecule has 7 fully saturated rings. The molecule has 91 heavy (non-hydrogen) atoms. The van der Waals surface area contributed by atoms with Gasteiger partial charge in [0.05, 0.1) is 48.7 Å². The number of pyridine rings is 2. The van der Waals surface area contributed by atoms with E-state index in [-0.39, 0.29) is 113 Å². The van der Waals surface area contributed by atoms with Gasteiger partial charge >= 0.3 is 23.9 Å². The number of Topliss-reactive ketones (excluding diaryl/α,β-unsaturated/α-hetero) is 1. The number of aromatic nitrogens is 2. The Morgan fingerprint density at radius 1 is 0.747 bits per heavy atom. The lowest BCUT2D eigenvalue weighted by atomic mass is 9.46. The zero-order chi connectivity index (χ0) is 64.5. The van der Waals surface area contributed by atoms with Crippen molar-refractivity contribution in [3.05, 3.63) is 114 Å². The lowest BCUT2D eigenvalue weighted by Gasteiger charge is -2.59. The number of methoxy groups -OCH3 is 2. The molecule has 0 radical (unpaired) electrons. The van der Waals surface area contributed by atoms with Crippen molar-refractivity contribution in [3.63, 3.8) is 0 Å². The summed E-state index contributed by atoms with van der Waals surface area (Å²) in [7, 11) is 2.72. The maximum absolute atomic E-state index is 16.8. The fourth-order valence-electron chi connectivity index (χ4n) is 16.4. The number of halogens is 2. The first-order valence-electron chi connectivity index (χ1n) is 31.3. The fourth-order valence-corrected chi connectivity index (χ4v) is 16.4. The molecule has 2 aromatic carbocycles. The third-order valence-corrected chi connectivity index (χ3v) is 21.4. The Morgan fingerprint density at radius 3 is 1.88 bits per heavy atom. The van der Waals surface area contributed by atoms with Gasteiger partial charge < -0.3 is 66.6 Å². The number of benzene rings is 2. The first-order valence-corrected chi connectivity index (χ1v) is 31.3. The van der Waals surface area contributed by atoms with Gasteiger partial charge in [0.15, 0.2) is 41.3 Å². The molecule has 9 atom stereocenters. The molecule has 1 amide bonds. The number of esters is 2.